The number of benzene rings is 1. The predicted molar refractivity (Wildman–Crippen MR) is 93.7 cm³/mol. The van der Waals surface area contributed by atoms with Gasteiger partial charge in [-0.1, -0.05) is 30.3 Å². The molecule has 25 heavy (non-hydrogen) atoms. The summed E-state index contributed by atoms with van der Waals surface area (Å²) in [4.78, 5) is 13.5. The van der Waals surface area contributed by atoms with Gasteiger partial charge in [0.2, 0.25) is 6.29 Å². The molecule has 6 heteroatoms. The zero-order chi connectivity index (χ0) is 17.6. The summed E-state index contributed by atoms with van der Waals surface area (Å²) in [5, 5.41) is 19.9. The Morgan fingerprint density at radius 2 is 1.96 bits per heavy atom. The fraction of sp³-hybridized carbons (Fsp3) is 0.526. The summed E-state index contributed by atoms with van der Waals surface area (Å²) in [5.41, 5.74) is 1.15. The third kappa shape index (κ3) is 3.12. The number of ketones is 1. The molecular formula is C19H22O5S. The number of hydrogen-bond acceptors (Lipinski definition) is 6. The van der Waals surface area contributed by atoms with Crippen molar-refractivity contribution in [2.75, 3.05) is 0 Å². The Bertz CT molecular complexity index is 688. The maximum absolute atomic E-state index is 12.9. The molecule has 134 valence electrons. The Balaban J connectivity index is 1.53. The molecule has 6 unspecified atom stereocenters. The van der Waals surface area contributed by atoms with Gasteiger partial charge in [-0.25, -0.2) is 0 Å². The van der Waals surface area contributed by atoms with Crippen LogP contribution in [0.25, 0.3) is 0 Å². The number of aliphatic hydroxyl groups is 2. The van der Waals surface area contributed by atoms with E-state index in [9.17, 15) is 15.0 Å². The summed E-state index contributed by atoms with van der Waals surface area (Å²) < 4.78 is 11.6. The number of thioether (sulfide) groups is 1. The van der Waals surface area contributed by atoms with Gasteiger partial charge in [0.05, 0.1) is 11.0 Å². The Morgan fingerprint density at radius 3 is 2.72 bits per heavy atom. The second-order valence-electron chi connectivity index (χ2n) is 6.93. The lowest BCUT2D eigenvalue weighted by Crippen LogP contribution is -2.57. The molecule has 6 atom stereocenters. The van der Waals surface area contributed by atoms with E-state index < -0.39 is 29.9 Å². The highest BCUT2D eigenvalue weighted by atomic mass is 32.2. The number of hydrogen-bond donors (Lipinski definition) is 2. The molecular weight excluding hydrogens is 340 g/mol. The molecule has 3 aliphatic rings. The highest BCUT2D eigenvalue weighted by Gasteiger charge is 2.49. The third-order valence-electron chi connectivity index (χ3n) is 5.19. The normalized spacial score (nSPS) is 38.0. The SMILES string of the molecule is CC1OC2OC3=C(SC2C(O)C1O)C(=O)C(Cc1ccccc1)CC3. The molecule has 1 fully saturated rings. The Labute approximate surface area is 151 Å². The van der Waals surface area contributed by atoms with Crippen molar-refractivity contribution in [3.8, 4) is 0 Å². The molecule has 0 bridgehead atoms. The monoisotopic (exact) mass is 362 g/mol. The molecule has 1 aliphatic carbocycles. The quantitative estimate of drug-likeness (QED) is 0.838. The van der Waals surface area contributed by atoms with E-state index in [0.29, 0.717) is 23.5 Å². The zero-order valence-corrected chi connectivity index (χ0v) is 14.8. The largest absolute Gasteiger partial charge is 0.467 e. The molecule has 4 rings (SSSR count). The van der Waals surface area contributed by atoms with Crippen LogP contribution in [-0.4, -0.2) is 45.8 Å². The lowest BCUT2D eigenvalue weighted by Gasteiger charge is -2.45. The van der Waals surface area contributed by atoms with Crippen LogP contribution in [0.5, 0.6) is 0 Å². The summed E-state index contributed by atoms with van der Waals surface area (Å²) in [6.45, 7) is 1.71. The summed E-state index contributed by atoms with van der Waals surface area (Å²) in [7, 11) is 0. The van der Waals surface area contributed by atoms with E-state index in [4.69, 9.17) is 9.47 Å². The van der Waals surface area contributed by atoms with Crippen molar-refractivity contribution in [2.24, 2.45) is 5.92 Å². The van der Waals surface area contributed by atoms with Gasteiger partial charge in [-0.2, -0.15) is 0 Å². The van der Waals surface area contributed by atoms with Gasteiger partial charge in [-0.05, 0) is 25.3 Å². The second kappa shape index (κ2) is 6.76. The van der Waals surface area contributed by atoms with Crippen molar-refractivity contribution >= 4 is 17.5 Å². The Hall–Kier alpha value is -1.34. The van der Waals surface area contributed by atoms with Crippen molar-refractivity contribution in [1.82, 2.24) is 0 Å². The molecule has 0 radical (unpaired) electrons. The number of allylic oxidation sites excluding steroid dienone is 2. The van der Waals surface area contributed by atoms with Gasteiger partial charge in [-0.3, -0.25) is 4.79 Å². The first-order valence-electron chi connectivity index (χ1n) is 8.71. The van der Waals surface area contributed by atoms with Crippen LogP contribution >= 0.6 is 11.8 Å². The molecule has 1 aromatic carbocycles. The first-order valence-corrected chi connectivity index (χ1v) is 9.58. The highest BCUT2D eigenvalue weighted by molar-refractivity contribution is 8.04. The van der Waals surface area contributed by atoms with Crippen LogP contribution in [0, 0.1) is 5.92 Å². The van der Waals surface area contributed by atoms with E-state index in [0.717, 1.165) is 12.0 Å². The van der Waals surface area contributed by atoms with Crippen LogP contribution in [0.3, 0.4) is 0 Å². The maximum Gasteiger partial charge on any atom is 0.214 e. The van der Waals surface area contributed by atoms with Gasteiger partial charge < -0.3 is 19.7 Å². The molecule has 2 aliphatic heterocycles. The zero-order valence-electron chi connectivity index (χ0n) is 14.0. The third-order valence-corrected chi connectivity index (χ3v) is 6.63. The minimum Gasteiger partial charge on any atom is -0.467 e. The average molecular weight is 362 g/mol. The van der Waals surface area contributed by atoms with Gasteiger partial charge in [0.1, 0.15) is 23.2 Å². The fourth-order valence-corrected chi connectivity index (χ4v) is 5.07. The lowest BCUT2D eigenvalue weighted by molar-refractivity contribution is -0.231. The van der Waals surface area contributed by atoms with E-state index in [2.05, 4.69) is 0 Å². The van der Waals surface area contributed by atoms with E-state index in [-0.39, 0.29) is 11.7 Å². The minimum atomic E-state index is -0.977. The van der Waals surface area contributed by atoms with Crippen LogP contribution in [-0.2, 0) is 20.7 Å². The number of fused-ring (bicyclic) bond motifs is 1. The maximum atomic E-state index is 12.9. The van der Waals surface area contributed by atoms with Crippen LogP contribution < -0.4 is 0 Å². The predicted octanol–water partition coefficient (Wildman–Crippen LogP) is 2.02. The van der Waals surface area contributed by atoms with Crippen molar-refractivity contribution in [2.45, 2.75) is 56.0 Å². The second-order valence-corrected chi connectivity index (χ2v) is 8.12. The van der Waals surface area contributed by atoms with Crippen LogP contribution in [0.2, 0.25) is 0 Å². The number of carbonyl (C=O) groups is 1. The van der Waals surface area contributed by atoms with Crippen molar-refractivity contribution in [3.05, 3.63) is 46.6 Å². The Kier molecular flexibility index (Phi) is 4.62. The van der Waals surface area contributed by atoms with Crippen LogP contribution in [0.4, 0.5) is 0 Å². The van der Waals surface area contributed by atoms with E-state index >= 15 is 0 Å². The standard InChI is InChI=1S/C19H22O5S/c1-10-14(20)16(22)18-19(23-10)24-13-8-7-12(15(21)17(13)25-18)9-11-5-3-2-4-6-11/h2-6,10,12,14,16,18-20,22H,7-9H2,1H3. The van der Waals surface area contributed by atoms with Crippen molar-refractivity contribution < 1.29 is 24.5 Å². The number of aliphatic hydroxyl groups excluding tert-OH is 2. The molecule has 0 amide bonds. The number of rotatable bonds is 2. The van der Waals surface area contributed by atoms with E-state index in [1.165, 1.54) is 11.8 Å². The summed E-state index contributed by atoms with van der Waals surface area (Å²) in [5.74, 6) is 0.685. The lowest BCUT2D eigenvalue weighted by atomic mass is 9.86. The van der Waals surface area contributed by atoms with E-state index in [1.807, 2.05) is 30.3 Å². The Morgan fingerprint density at radius 1 is 1.20 bits per heavy atom. The molecule has 1 aromatic rings. The van der Waals surface area contributed by atoms with Gasteiger partial charge in [0, 0.05) is 12.3 Å². The highest BCUT2D eigenvalue weighted by Crippen LogP contribution is 2.46. The van der Waals surface area contributed by atoms with Crippen molar-refractivity contribution in [1.29, 1.82) is 0 Å². The molecule has 0 aromatic heterocycles. The average Bonchev–Trinajstić information content (AvgIpc) is 2.62. The molecule has 2 N–H and O–H groups in total. The molecule has 1 saturated heterocycles. The fourth-order valence-electron chi connectivity index (χ4n) is 3.70. The van der Waals surface area contributed by atoms with Gasteiger partial charge in [0.15, 0.2) is 5.78 Å². The molecule has 5 nitrogen and oxygen atoms in total. The summed E-state index contributed by atoms with van der Waals surface area (Å²) in [6.07, 6.45) is -0.895. The first kappa shape index (κ1) is 17.1. The summed E-state index contributed by atoms with van der Waals surface area (Å²) in [6, 6.07) is 10.0. The molecule has 2 heterocycles. The number of carbonyl (C=O) groups excluding carboxylic acids is 1. The number of Topliss-reactive ketones (excluding diaryl/α,β-unsaturated/α-hetero) is 1. The topological polar surface area (TPSA) is 76.0 Å². The van der Waals surface area contributed by atoms with E-state index in [1.54, 1.807) is 6.92 Å². The van der Waals surface area contributed by atoms with Crippen LogP contribution in [0.15, 0.2) is 41.0 Å². The summed E-state index contributed by atoms with van der Waals surface area (Å²) >= 11 is 1.31. The smallest absolute Gasteiger partial charge is 0.214 e. The van der Waals surface area contributed by atoms with Gasteiger partial charge >= 0.3 is 0 Å². The molecule has 0 saturated carbocycles. The first-order chi connectivity index (χ1) is 12.0. The van der Waals surface area contributed by atoms with Crippen LogP contribution in [0.1, 0.15) is 25.3 Å². The van der Waals surface area contributed by atoms with Gasteiger partial charge in [0.25, 0.3) is 0 Å². The van der Waals surface area contributed by atoms with Crippen molar-refractivity contribution in [3.63, 3.8) is 0 Å². The minimum absolute atomic E-state index is 0.0701. The molecule has 0 spiro atoms. The van der Waals surface area contributed by atoms with Gasteiger partial charge in [-0.15, -0.1) is 11.8 Å². The number of ether oxygens (including phenoxy) is 2.